The minimum absolute atomic E-state index is 0.136. The van der Waals surface area contributed by atoms with Crippen molar-refractivity contribution in [3.63, 3.8) is 0 Å². The molecule has 0 aliphatic carbocycles. The van der Waals surface area contributed by atoms with Crippen molar-refractivity contribution >= 4 is 0 Å². The lowest BCUT2D eigenvalue weighted by Crippen LogP contribution is -2.40. The van der Waals surface area contributed by atoms with Crippen LogP contribution in [0.5, 0.6) is 5.75 Å². The molecule has 1 aromatic carbocycles. The fraction of sp³-hybridized carbons (Fsp3) is 0.538. The van der Waals surface area contributed by atoms with Crippen molar-refractivity contribution in [2.24, 2.45) is 0 Å². The highest BCUT2D eigenvalue weighted by atomic mass is 16.3. The Kier molecular flexibility index (Phi) is 3.75. The summed E-state index contributed by atoms with van der Waals surface area (Å²) in [4.78, 5) is 2.34. The van der Waals surface area contributed by atoms with E-state index in [9.17, 15) is 5.11 Å². The molecule has 0 spiro atoms. The van der Waals surface area contributed by atoms with Crippen LogP contribution in [-0.4, -0.2) is 22.1 Å². The molecule has 2 heteroatoms. The van der Waals surface area contributed by atoms with E-state index < -0.39 is 0 Å². The molecule has 1 N–H and O–H groups in total. The summed E-state index contributed by atoms with van der Waals surface area (Å²) in [6.07, 6.45) is 0. The van der Waals surface area contributed by atoms with Gasteiger partial charge in [0.25, 0.3) is 0 Å². The predicted octanol–water partition coefficient (Wildman–Crippen LogP) is 3.01. The number of phenolic OH excluding ortho intramolecular Hbond substituents is 1. The average molecular weight is 207 g/mol. The van der Waals surface area contributed by atoms with Crippen LogP contribution in [-0.2, 0) is 6.54 Å². The van der Waals surface area contributed by atoms with Gasteiger partial charge < -0.3 is 5.11 Å². The zero-order chi connectivity index (χ0) is 11.5. The summed E-state index contributed by atoms with van der Waals surface area (Å²) in [5.41, 5.74) is 1.13. The summed E-state index contributed by atoms with van der Waals surface area (Å²) in [6.45, 7) is 10.5. The zero-order valence-electron chi connectivity index (χ0n) is 10.1. The SMILES string of the molecule is CCN(Cc1ccccc1O)C(C)(C)C. The highest BCUT2D eigenvalue weighted by Crippen LogP contribution is 2.22. The van der Waals surface area contributed by atoms with Crippen LogP contribution >= 0.6 is 0 Å². The van der Waals surface area contributed by atoms with Crippen LogP contribution in [0.4, 0.5) is 0 Å². The predicted molar refractivity (Wildman–Crippen MR) is 63.9 cm³/mol. The molecular weight excluding hydrogens is 186 g/mol. The van der Waals surface area contributed by atoms with Gasteiger partial charge in [0.1, 0.15) is 5.75 Å². The molecular formula is C13H21NO. The molecule has 0 amide bonds. The molecule has 0 saturated carbocycles. The van der Waals surface area contributed by atoms with Crippen molar-refractivity contribution in [3.8, 4) is 5.75 Å². The Hall–Kier alpha value is -1.02. The van der Waals surface area contributed by atoms with Crippen molar-refractivity contribution in [1.82, 2.24) is 4.90 Å². The van der Waals surface area contributed by atoms with E-state index in [1.54, 1.807) is 6.07 Å². The molecule has 0 radical (unpaired) electrons. The van der Waals surface area contributed by atoms with Gasteiger partial charge in [0.05, 0.1) is 0 Å². The van der Waals surface area contributed by atoms with Gasteiger partial charge in [0, 0.05) is 17.6 Å². The number of benzene rings is 1. The summed E-state index contributed by atoms with van der Waals surface area (Å²) in [5.74, 6) is 0.389. The number of hydrogen-bond acceptors (Lipinski definition) is 2. The van der Waals surface area contributed by atoms with Crippen molar-refractivity contribution in [2.75, 3.05) is 6.54 Å². The van der Waals surface area contributed by atoms with Crippen molar-refractivity contribution in [2.45, 2.75) is 39.8 Å². The van der Waals surface area contributed by atoms with E-state index in [1.807, 2.05) is 18.2 Å². The van der Waals surface area contributed by atoms with Gasteiger partial charge in [0.15, 0.2) is 0 Å². The highest BCUT2D eigenvalue weighted by molar-refractivity contribution is 5.31. The average Bonchev–Trinajstić information content (AvgIpc) is 2.14. The quantitative estimate of drug-likeness (QED) is 0.823. The van der Waals surface area contributed by atoms with E-state index >= 15 is 0 Å². The molecule has 0 bridgehead atoms. The molecule has 1 aromatic rings. The number of rotatable bonds is 3. The third-order valence-electron chi connectivity index (χ3n) is 2.68. The van der Waals surface area contributed by atoms with E-state index in [-0.39, 0.29) is 5.54 Å². The van der Waals surface area contributed by atoms with Gasteiger partial charge in [-0.15, -0.1) is 0 Å². The molecule has 0 aromatic heterocycles. The van der Waals surface area contributed by atoms with Crippen LogP contribution in [0.3, 0.4) is 0 Å². The summed E-state index contributed by atoms with van der Waals surface area (Å²) in [6, 6.07) is 7.54. The van der Waals surface area contributed by atoms with E-state index in [4.69, 9.17) is 0 Å². The summed E-state index contributed by atoms with van der Waals surface area (Å²) >= 11 is 0. The van der Waals surface area contributed by atoms with Gasteiger partial charge in [-0.25, -0.2) is 0 Å². The molecule has 84 valence electrons. The minimum atomic E-state index is 0.136. The molecule has 1 rings (SSSR count). The largest absolute Gasteiger partial charge is 0.508 e. The molecule has 0 saturated heterocycles. The molecule has 0 aliphatic rings. The molecule has 15 heavy (non-hydrogen) atoms. The number of aromatic hydroxyl groups is 1. The van der Waals surface area contributed by atoms with Crippen LogP contribution in [0.1, 0.15) is 33.3 Å². The second-order valence-electron chi connectivity index (χ2n) is 4.81. The van der Waals surface area contributed by atoms with Gasteiger partial charge in [-0.2, -0.15) is 0 Å². The lowest BCUT2D eigenvalue weighted by molar-refractivity contribution is 0.135. The van der Waals surface area contributed by atoms with Gasteiger partial charge in [-0.1, -0.05) is 25.1 Å². The maximum atomic E-state index is 9.69. The minimum Gasteiger partial charge on any atom is -0.508 e. The number of hydrogen-bond donors (Lipinski definition) is 1. The number of para-hydroxylation sites is 1. The fourth-order valence-electron chi connectivity index (χ4n) is 1.67. The molecule has 0 heterocycles. The first kappa shape index (κ1) is 12.1. The van der Waals surface area contributed by atoms with E-state index in [0.29, 0.717) is 5.75 Å². The Labute approximate surface area is 92.5 Å². The molecule has 0 unspecified atom stereocenters. The third-order valence-corrected chi connectivity index (χ3v) is 2.68. The second-order valence-corrected chi connectivity index (χ2v) is 4.81. The second kappa shape index (κ2) is 4.67. The maximum absolute atomic E-state index is 9.69. The maximum Gasteiger partial charge on any atom is 0.120 e. The Balaban J connectivity index is 2.80. The first-order valence-electron chi connectivity index (χ1n) is 5.47. The Bertz CT molecular complexity index is 315. The highest BCUT2D eigenvalue weighted by Gasteiger charge is 2.20. The van der Waals surface area contributed by atoms with E-state index in [1.165, 1.54) is 0 Å². The summed E-state index contributed by atoms with van der Waals surface area (Å²) < 4.78 is 0. The zero-order valence-corrected chi connectivity index (χ0v) is 10.1. The Morgan fingerprint density at radius 2 is 1.80 bits per heavy atom. The van der Waals surface area contributed by atoms with Gasteiger partial charge in [-0.05, 0) is 33.4 Å². The van der Waals surface area contributed by atoms with Gasteiger partial charge in [0.2, 0.25) is 0 Å². The van der Waals surface area contributed by atoms with Gasteiger partial charge >= 0.3 is 0 Å². The van der Waals surface area contributed by atoms with Crippen molar-refractivity contribution < 1.29 is 5.11 Å². The summed E-state index contributed by atoms with van der Waals surface area (Å²) in [7, 11) is 0. The summed E-state index contributed by atoms with van der Waals surface area (Å²) in [5, 5.41) is 9.69. The molecule has 0 aliphatic heterocycles. The topological polar surface area (TPSA) is 23.5 Å². The molecule has 0 atom stereocenters. The van der Waals surface area contributed by atoms with Gasteiger partial charge in [-0.3, -0.25) is 4.90 Å². The number of phenols is 1. The van der Waals surface area contributed by atoms with Crippen LogP contribution in [0.15, 0.2) is 24.3 Å². The van der Waals surface area contributed by atoms with Crippen molar-refractivity contribution in [1.29, 1.82) is 0 Å². The number of nitrogens with zero attached hydrogens (tertiary/aromatic N) is 1. The van der Waals surface area contributed by atoms with E-state index in [0.717, 1.165) is 18.7 Å². The monoisotopic (exact) mass is 207 g/mol. The lowest BCUT2D eigenvalue weighted by Gasteiger charge is -2.34. The first-order valence-corrected chi connectivity index (χ1v) is 5.47. The molecule has 2 nitrogen and oxygen atoms in total. The third kappa shape index (κ3) is 3.24. The molecule has 0 fully saturated rings. The smallest absolute Gasteiger partial charge is 0.120 e. The Morgan fingerprint density at radius 3 is 2.27 bits per heavy atom. The fourth-order valence-corrected chi connectivity index (χ4v) is 1.67. The van der Waals surface area contributed by atoms with Crippen LogP contribution in [0.2, 0.25) is 0 Å². The first-order chi connectivity index (χ1) is 6.95. The van der Waals surface area contributed by atoms with Crippen LogP contribution in [0.25, 0.3) is 0 Å². The Morgan fingerprint density at radius 1 is 1.20 bits per heavy atom. The standard InChI is InChI=1S/C13H21NO/c1-5-14(13(2,3)4)10-11-8-6-7-9-12(11)15/h6-9,15H,5,10H2,1-4H3. The van der Waals surface area contributed by atoms with E-state index in [2.05, 4.69) is 32.6 Å². The normalized spacial score (nSPS) is 12.1. The van der Waals surface area contributed by atoms with Crippen LogP contribution < -0.4 is 0 Å². The lowest BCUT2D eigenvalue weighted by atomic mass is 10.0. The van der Waals surface area contributed by atoms with Crippen LogP contribution in [0, 0.1) is 0 Å². The van der Waals surface area contributed by atoms with Crippen molar-refractivity contribution in [3.05, 3.63) is 29.8 Å².